The number of aromatic nitrogens is 4. The second-order valence-corrected chi connectivity index (χ2v) is 4.41. The Kier molecular flexibility index (Phi) is 3.84. The molecule has 102 valence electrons. The number of hydrogen-bond acceptors (Lipinski definition) is 5. The van der Waals surface area contributed by atoms with Gasteiger partial charge in [0.2, 0.25) is 6.39 Å². The number of aromatic amines is 1. The highest BCUT2D eigenvalue weighted by molar-refractivity contribution is 5.62. The zero-order valence-corrected chi connectivity index (χ0v) is 10.9. The van der Waals surface area contributed by atoms with Crippen molar-refractivity contribution in [2.24, 2.45) is 0 Å². The summed E-state index contributed by atoms with van der Waals surface area (Å²) in [6.07, 6.45) is 3.94. The van der Waals surface area contributed by atoms with Gasteiger partial charge in [0.05, 0.1) is 11.9 Å². The van der Waals surface area contributed by atoms with Gasteiger partial charge in [0.25, 0.3) is 0 Å². The van der Waals surface area contributed by atoms with E-state index in [1.165, 1.54) is 6.39 Å². The maximum atomic E-state index is 4.69. The van der Waals surface area contributed by atoms with Crippen LogP contribution in [0.4, 0.5) is 0 Å². The molecule has 0 radical (unpaired) electrons. The molecule has 0 atom stereocenters. The van der Waals surface area contributed by atoms with Crippen molar-refractivity contribution in [3.05, 3.63) is 54.3 Å². The van der Waals surface area contributed by atoms with Crippen molar-refractivity contribution in [1.29, 1.82) is 0 Å². The van der Waals surface area contributed by atoms with Crippen molar-refractivity contribution in [1.82, 2.24) is 25.7 Å². The summed E-state index contributed by atoms with van der Waals surface area (Å²) < 4.78 is 4.69. The SMILES string of the molecule is c1ccc(-c2[nH]ncc2CNCCc2ncon2)cc1. The lowest BCUT2D eigenvalue weighted by Gasteiger charge is -2.04. The van der Waals surface area contributed by atoms with Crippen molar-refractivity contribution in [2.45, 2.75) is 13.0 Å². The number of H-pyrrole nitrogens is 1. The molecule has 6 nitrogen and oxygen atoms in total. The van der Waals surface area contributed by atoms with Gasteiger partial charge in [-0.25, -0.2) is 0 Å². The van der Waals surface area contributed by atoms with E-state index < -0.39 is 0 Å². The Morgan fingerprint density at radius 2 is 2.10 bits per heavy atom. The third kappa shape index (κ3) is 2.92. The molecule has 3 rings (SSSR count). The standard InChI is InChI=1S/C14H15N5O/c1-2-4-11(5-3-1)14-12(9-17-18-14)8-15-7-6-13-16-10-20-19-13/h1-5,9-10,15H,6-8H2,(H,17,18). The Morgan fingerprint density at radius 1 is 1.20 bits per heavy atom. The molecule has 0 saturated heterocycles. The van der Waals surface area contributed by atoms with Gasteiger partial charge in [0, 0.05) is 25.1 Å². The third-order valence-electron chi connectivity index (χ3n) is 3.03. The second kappa shape index (κ2) is 6.12. The summed E-state index contributed by atoms with van der Waals surface area (Å²) in [6, 6.07) is 10.2. The highest BCUT2D eigenvalue weighted by atomic mass is 16.5. The summed E-state index contributed by atoms with van der Waals surface area (Å²) in [5.41, 5.74) is 3.34. The van der Waals surface area contributed by atoms with Crippen LogP contribution in [0.1, 0.15) is 11.4 Å². The summed E-state index contributed by atoms with van der Waals surface area (Å²) in [4.78, 5) is 3.98. The van der Waals surface area contributed by atoms with Crippen LogP contribution in [0.2, 0.25) is 0 Å². The Bertz CT molecular complexity index is 633. The number of nitrogens with one attached hydrogen (secondary N) is 2. The molecule has 2 N–H and O–H groups in total. The molecular formula is C14H15N5O. The van der Waals surface area contributed by atoms with Crippen molar-refractivity contribution in [3.8, 4) is 11.3 Å². The van der Waals surface area contributed by atoms with Crippen LogP contribution in [0, 0.1) is 0 Å². The molecule has 0 aliphatic heterocycles. The Morgan fingerprint density at radius 3 is 2.90 bits per heavy atom. The van der Waals surface area contributed by atoms with Crippen LogP contribution >= 0.6 is 0 Å². The summed E-state index contributed by atoms with van der Waals surface area (Å²) in [7, 11) is 0. The first-order valence-electron chi connectivity index (χ1n) is 6.47. The first-order valence-corrected chi connectivity index (χ1v) is 6.47. The first kappa shape index (κ1) is 12.6. The minimum Gasteiger partial charge on any atom is -0.343 e. The summed E-state index contributed by atoms with van der Waals surface area (Å²) in [5.74, 6) is 0.716. The third-order valence-corrected chi connectivity index (χ3v) is 3.03. The normalized spacial score (nSPS) is 10.8. The molecular weight excluding hydrogens is 254 g/mol. The molecule has 3 aromatic rings. The van der Waals surface area contributed by atoms with Gasteiger partial charge >= 0.3 is 0 Å². The predicted molar refractivity (Wildman–Crippen MR) is 73.7 cm³/mol. The molecule has 20 heavy (non-hydrogen) atoms. The second-order valence-electron chi connectivity index (χ2n) is 4.41. The van der Waals surface area contributed by atoms with E-state index in [1.807, 2.05) is 24.4 Å². The zero-order valence-electron chi connectivity index (χ0n) is 10.9. The molecule has 0 aliphatic rings. The minimum atomic E-state index is 0.716. The molecule has 0 saturated carbocycles. The molecule has 0 spiro atoms. The fourth-order valence-corrected chi connectivity index (χ4v) is 2.03. The lowest BCUT2D eigenvalue weighted by atomic mass is 10.1. The maximum absolute atomic E-state index is 4.69. The topological polar surface area (TPSA) is 79.6 Å². The van der Waals surface area contributed by atoms with E-state index in [9.17, 15) is 0 Å². The summed E-state index contributed by atoms with van der Waals surface area (Å²) >= 11 is 0. The Hall–Kier alpha value is -2.47. The van der Waals surface area contributed by atoms with Gasteiger partial charge in [0.15, 0.2) is 5.82 Å². The highest BCUT2D eigenvalue weighted by Crippen LogP contribution is 2.20. The molecule has 0 bridgehead atoms. The van der Waals surface area contributed by atoms with Crippen LogP contribution in [0.3, 0.4) is 0 Å². The molecule has 0 unspecified atom stereocenters. The average Bonchev–Trinajstić information content (AvgIpc) is 3.16. The fraction of sp³-hybridized carbons (Fsp3) is 0.214. The van der Waals surface area contributed by atoms with Gasteiger partial charge < -0.3 is 9.84 Å². The van der Waals surface area contributed by atoms with Gasteiger partial charge in [-0.05, 0) is 5.56 Å². The summed E-state index contributed by atoms with van der Waals surface area (Å²) in [6.45, 7) is 1.54. The smallest absolute Gasteiger partial charge is 0.213 e. The van der Waals surface area contributed by atoms with Crippen LogP contribution < -0.4 is 5.32 Å². The first-order chi connectivity index (χ1) is 9.93. The number of hydrogen-bond donors (Lipinski definition) is 2. The minimum absolute atomic E-state index is 0.716. The monoisotopic (exact) mass is 269 g/mol. The van der Waals surface area contributed by atoms with Gasteiger partial charge in [0.1, 0.15) is 0 Å². The lowest BCUT2D eigenvalue weighted by molar-refractivity contribution is 0.409. The molecule has 0 aliphatic carbocycles. The van der Waals surface area contributed by atoms with Gasteiger partial charge in [-0.15, -0.1) is 0 Å². The van der Waals surface area contributed by atoms with E-state index in [0.717, 1.165) is 36.3 Å². The van der Waals surface area contributed by atoms with Crippen molar-refractivity contribution < 1.29 is 4.52 Å². The summed E-state index contributed by atoms with van der Waals surface area (Å²) in [5, 5.41) is 14.3. The quantitative estimate of drug-likeness (QED) is 0.667. The van der Waals surface area contributed by atoms with Gasteiger partial charge in [-0.2, -0.15) is 10.1 Å². The maximum Gasteiger partial charge on any atom is 0.213 e. The molecule has 0 amide bonds. The molecule has 2 aromatic heterocycles. The Balaban J connectivity index is 1.57. The van der Waals surface area contributed by atoms with Crippen LogP contribution in [0.25, 0.3) is 11.3 Å². The molecule has 2 heterocycles. The van der Waals surface area contributed by atoms with E-state index >= 15 is 0 Å². The van der Waals surface area contributed by atoms with E-state index in [1.54, 1.807) is 0 Å². The number of rotatable bonds is 6. The van der Waals surface area contributed by atoms with E-state index in [4.69, 9.17) is 4.52 Å². The molecule has 0 fully saturated rings. The lowest BCUT2D eigenvalue weighted by Crippen LogP contribution is -2.17. The number of benzene rings is 1. The van der Waals surface area contributed by atoms with Crippen LogP contribution in [-0.2, 0) is 13.0 Å². The zero-order chi connectivity index (χ0) is 13.6. The highest BCUT2D eigenvalue weighted by Gasteiger charge is 2.07. The fourth-order valence-electron chi connectivity index (χ4n) is 2.03. The number of nitrogens with zero attached hydrogens (tertiary/aromatic N) is 3. The Labute approximate surface area is 116 Å². The predicted octanol–water partition coefficient (Wildman–Crippen LogP) is 1.79. The van der Waals surface area contributed by atoms with E-state index in [2.05, 4.69) is 37.8 Å². The average molecular weight is 269 g/mol. The van der Waals surface area contributed by atoms with E-state index in [0.29, 0.717) is 5.82 Å². The molecule has 6 heteroatoms. The van der Waals surface area contributed by atoms with E-state index in [-0.39, 0.29) is 0 Å². The van der Waals surface area contributed by atoms with Gasteiger partial charge in [-0.3, -0.25) is 5.10 Å². The largest absolute Gasteiger partial charge is 0.343 e. The van der Waals surface area contributed by atoms with Crippen molar-refractivity contribution in [2.75, 3.05) is 6.54 Å². The van der Waals surface area contributed by atoms with Crippen LogP contribution in [0.15, 0.2) is 47.4 Å². The van der Waals surface area contributed by atoms with Gasteiger partial charge in [-0.1, -0.05) is 35.5 Å². The van der Waals surface area contributed by atoms with Crippen molar-refractivity contribution >= 4 is 0 Å². The van der Waals surface area contributed by atoms with Crippen molar-refractivity contribution in [3.63, 3.8) is 0 Å². The van der Waals surface area contributed by atoms with Crippen LogP contribution in [-0.4, -0.2) is 26.9 Å². The molecule has 1 aromatic carbocycles. The van der Waals surface area contributed by atoms with Crippen LogP contribution in [0.5, 0.6) is 0 Å².